The summed E-state index contributed by atoms with van der Waals surface area (Å²) in [4.78, 5) is 12.9. The van der Waals surface area contributed by atoms with Gasteiger partial charge in [-0.1, -0.05) is 18.2 Å². The van der Waals surface area contributed by atoms with Crippen LogP contribution in [0.15, 0.2) is 47.6 Å². The number of carbonyl (C=O) groups excluding carboxylic acids is 1. The molecule has 1 fully saturated rings. The average molecular weight is 276 g/mol. The van der Waals surface area contributed by atoms with Crippen LogP contribution in [0.5, 0.6) is 0 Å². The van der Waals surface area contributed by atoms with E-state index in [1.807, 2.05) is 30.0 Å². The lowest BCUT2D eigenvalue weighted by Crippen LogP contribution is -2.23. The number of hydrogen-bond acceptors (Lipinski definition) is 3. The molecule has 0 N–H and O–H groups in total. The molecule has 1 saturated carbocycles. The van der Waals surface area contributed by atoms with Crippen LogP contribution in [0.3, 0.4) is 0 Å². The summed E-state index contributed by atoms with van der Waals surface area (Å²) in [6.45, 7) is 0. The molecule has 0 spiro atoms. The summed E-state index contributed by atoms with van der Waals surface area (Å²) >= 11 is 1.82. The first-order chi connectivity index (χ1) is 9.29. The highest BCUT2D eigenvalue weighted by Gasteiger charge is 2.26. The summed E-state index contributed by atoms with van der Waals surface area (Å²) in [5, 5.41) is 0.312. The van der Waals surface area contributed by atoms with Gasteiger partial charge >= 0.3 is 0 Å². The van der Waals surface area contributed by atoms with Crippen molar-refractivity contribution < 1.29 is 9.53 Å². The molecule has 2 nitrogen and oxygen atoms in total. The molecule has 102 valence electrons. The van der Waals surface area contributed by atoms with Crippen molar-refractivity contribution in [1.29, 1.82) is 0 Å². The maximum Gasteiger partial charge on any atom is 0.133 e. The molecule has 0 heterocycles. The zero-order valence-electron chi connectivity index (χ0n) is 11.2. The normalized spacial score (nSPS) is 21.5. The number of benzene rings is 1. The highest BCUT2D eigenvalue weighted by molar-refractivity contribution is 8.00. The summed E-state index contributed by atoms with van der Waals surface area (Å²) in [6.07, 6.45) is 7.44. The van der Waals surface area contributed by atoms with Crippen LogP contribution in [-0.2, 0) is 9.53 Å². The molecule has 3 heteroatoms. The predicted molar refractivity (Wildman–Crippen MR) is 79.2 cm³/mol. The fourth-order valence-corrected chi connectivity index (χ4v) is 3.64. The van der Waals surface area contributed by atoms with E-state index in [9.17, 15) is 4.79 Å². The molecule has 1 aromatic rings. The van der Waals surface area contributed by atoms with Crippen molar-refractivity contribution in [2.45, 2.75) is 35.8 Å². The number of thioether (sulfide) groups is 1. The first-order valence-corrected chi connectivity index (χ1v) is 7.60. The zero-order chi connectivity index (χ0) is 13.5. The molecule has 2 rings (SSSR count). The Labute approximate surface area is 119 Å². The van der Waals surface area contributed by atoms with Crippen LogP contribution in [0.25, 0.3) is 0 Å². The van der Waals surface area contributed by atoms with Gasteiger partial charge < -0.3 is 4.74 Å². The Bertz CT molecular complexity index is 428. The van der Waals surface area contributed by atoms with E-state index in [4.69, 9.17) is 4.74 Å². The minimum atomic E-state index is 0.312. The molecule has 2 atom stereocenters. The second-order valence-corrected chi connectivity index (χ2v) is 6.11. The third-order valence-electron chi connectivity index (χ3n) is 3.40. The Morgan fingerprint density at radius 3 is 2.84 bits per heavy atom. The lowest BCUT2D eigenvalue weighted by atomic mass is 9.86. The van der Waals surface area contributed by atoms with E-state index < -0.39 is 0 Å². The lowest BCUT2D eigenvalue weighted by molar-refractivity contribution is -0.121. The molecule has 0 bridgehead atoms. The lowest BCUT2D eigenvalue weighted by Gasteiger charge is -2.27. The van der Waals surface area contributed by atoms with Gasteiger partial charge in [0.15, 0.2) is 0 Å². The Morgan fingerprint density at radius 2 is 2.16 bits per heavy atom. The van der Waals surface area contributed by atoms with Gasteiger partial charge in [-0.25, -0.2) is 0 Å². The van der Waals surface area contributed by atoms with Gasteiger partial charge in [-0.3, -0.25) is 4.79 Å². The van der Waals surface area contributed by atoms with Gasteiger partial charge in [0.2, 0.25) is 0 Å². The SMILES string of the molecule is COC=CC(Sc1ccccc1)C1CCCC(=O)C1. The fourth-order valence-electron chi connectivity index (χ4n) is 2.44. The van der Waals surface area contributed by atoms with E-state index in [2.05, 4.69) is 18.2 Å². The van der Waals surface area contributed by atoms with Crippen molar-refractivity contribution in [2.24, 2.45) is 5.92 Å². The number of rotatable bonds is 5. The Morgan fingerprint density at radius 1 is 1.37 bits per heavy atom. The maximum absolute atomic E-state index is 11.6. The topological polar surface area (TPSA) is 26.3 Å². The van der Waals surface area contributed by atoms with Crippen molar-refractivity contribution in [3.63, 3.8) is 0 Å². The largest absolute Gasteiger partial charge is 0.505 e. The van der Waals surface area contributed by atoms with Crippen LogP contribution < -0.4 is 0 Å². The zero-order valence-corrected chi connectivity index (χ0v) is 12.1. The van der Waals surface area contributed by atoms with Crippen molar-refractivity contribution in [3.8, 4) is 0 Å². The standard InChI is InChI=1S/C16H20O2S/c1-18-11-10-16(13-6-5-7-14(17)12-13)19-15-8-3-2-4-9-15/h2-4,8-11,13,16H,5-7,12H2,1H3. The smallest absolute Gasteiger partial charge is 0.133 e. The minimum Gasteiger partial charge on any atom is -0.505 e. The third kappa shape index (κ3) is 4.43. The first-order valence-electron chi connectivity index (χ1n) is 6.72. The van der Waals surface area contributed by atoms with Crippen LogP contribution in [0.1, 0.15) is 25.7 Å². The molecule has 1 aliphatic rings. The number of ketones is 1. The molecule has 1 aliphatic carbocycles. The van der Waals surface area contributed by atoms with Gasteiger partial charge in [-0.15, -0.1) is 11.8 Å². The second-order valence-electron chi connectivity index (χ2n) is 4.85. The van der Waals surface area contributed by atoms with Crippen molar-refractivity contribution in [3.05, 3.63) is 42.7 Å². The molecule has 0 aromatic heterocycles. The van der Waals surface area contributed by atoms with E-state index in [1.54, 1.807) is 13.4 Å². The summed E-state index contributed by atoms with van der Waals surface area (Å²) in [7, 11) is 1.66. The van der Waals surface area contributed by atoms with E-state index in [0.717, 1.165) is 19.3 Å². The average Bonchev–Trinajstić information content (AvgIpc) is 2.44. The Kier molecular flexibility index (Phi) is 5.52. The first kappa shape index (κ1) is 14.2. The summed E-state index contributed by atoms with van der Waals surface area (Å²) in [6, 6.07) is 10.3. The molecule has 0 amide bonds. The van der Waals surface area contributed by atoms with Gasteiger partial charge in [0.1, 0.15) is 5.78 Å². The van der Waals surface area contributed by atoms with Crippen LogP contribution in [-0.4, -0.2) is 18.1 Å². The number of ether oxygens (including phenoxy) is 1. The van der Waals surface area contributed by atoms with Gasteiger partial charge in [-0.05, 0) is 37.0 Å². The van der Waals surface area contributed by atoms with Crippen molar-refractivity contribution >= 4 is 17.5 Å². The number of hydrogen-bond donors (Lipinski definition) is 0. The van der Waals surface area contributed by atoms with E-state index >= 15 is 0 Å². The van der Waals surface area contributed by atoms with Crippen molar-refractivity contribution in [1.82, 2.24) is 0 Å². The molecule has 0 saturated heterocycles. The Balaban J connectivity index is 2.06. The summed E-state index contributed by atoms with van der Waals surface area (Å²) < 4.78 is 5.05. The molecule has 19 heavy (non-hydrogen) atoms. The van der Waals surface area contributed by atoms with Gasteiger partial charge in [0, 0.05) is 23.0 Å². The molecule has 0 aliphatic heterocycles. The van der Waals surface area contributed by atoms with Crippen LogP contribution in [0, 0.1) is 5.92 Å². The van der Waals surface area contributed by atoms with E-state index in [-0.39, 0.29) is 0 Å². The van der Waals surface area contributed by atoms with Crippen LogP contribution >= 0.6 is 11.8 Å². The molecular weight excluding hydrogens is 256 g/mol. The minimum absolute atomic E-state index is 0.312. The van der Waals surface area contributed by atoms with Crippen LogP contribution in [0.2, 0.25) is 0 Å². The van der Waals surface area contributed by atoms with Crippen LogP contribution in [0.4, 0.5) is 0 Å². The maximum atomic E-state index is 11.6. The number of Topliss-reactive ketones (excluding diaryl/α,β-unsaturated/α-hetero) is 1. The monoisotopic (exact) mass is 276 g/mol. The third-order valence-corrected chi connectivity index (χ3v) is 4.76. The fraction of sp³-hybridized carbons (Fsp3) is 0.438. The highest BCUT2D eigenvalue weighted by atomic mass is 32.2. The molecule has 0 radical (unpaired) electrons. The van der Waals surface area contributed by atoms with E-state index in [0.29, 0.717) is 23.4 Å². The summed E-state index contributed by atoms with van der Waals surface area (Å²) in [5.41, 5.74) is 0. The van der Waals surface area contributed by atoms with Gasteiger partial charge in [0.25, 0.3) is 0 Å². The molecule has 2 unspecified atom stereocenters. The van der Waals surface area contributed by atoms with Gasteiger partial charge in [-0.2, -0.15) is 0 Å². The predicted octanol–water partition coefficient (Wildman–Crippen LogP) is 4.07. The number of carbonyl (C=O) groups is 1. The quantitative estimate of drug-likeness (QED) is 0.599. The molecular formula is C16H20O2S. The summed E-state index contributed by atoms with van der Waals surface area (Å²) in [5.74, 6) is 0.832. The Hall–Kier alpha value is -1.22. The number of methoxy groups -OCH3 is 1. The second kappa shape index (κ2) is 7.39. The van der Waals surface area contributed by atoms with Gasteiger partial charge in [0.05, 0.1) is 13.4 Å². The van der Waals surface area contributed by atoms with Crippen molar-refractivity contribution in [2.75, 3.05) is 7.11 Å². The van der Waals surface area contributed by atoms with E-state index in [1.165, 1.54) is 4.90 Å². The highest BCUT2D eigenvalue weighted by Crippen LogP contribution is 2.35. The molecule has 1 aromatic carbocycles.